The molecule has 1 aliphatic rings. The van der Waals surface area contributed by atoms with Gasteiger partial charge < -0.3 is 15.4 Å². The van der Waals surface area contributed by atoms with Gasteiger partial charge in [0.2, 0.25) is 0 Å². The number of benzene rings is 1. The number of ether oxygens (including phenoxy) is 1. The fourth-order valence-electron chi connectivity index (χ4n) is 3.21. The normalized spacial score (nSPS) is 18.1. The van der Waals surface area contributed by atoms with Crippen LogP contribution in [0.4, 0.5) is 0 Å². The second-order valence-corrected chi connectivity index (χ2v) is 6.63. The van der Waals surface area contributed by atoms with Gasteiger partial charge in [-0.05, 0) is 58.2 Å². The molecule has 1 unspecified atom stereocenters. The van der Waals surface area contributed by atoms with Crippen molar-refractivity contribution in [3.63, 3.8) is 0 Å². The molecule has 3 heteroatoms. The van der Waals surface area contributed by atoms with E-state index in [9.17, 15) is 0 Å². The molecule has 0 saturated carbocycles. The van der Waals surface area contributed by atoms with Crippen molar-refractivity contribution in [2.45, 2.75) is 39.2 Å². The quantitative estimate of drug-likeness (QED) is 0.875. The average molecular weight is 290 g/mol. The average Bonchev–Trinajstić information content (AvgIpc) is 2.45. The maximum absolute atomic E-state index is 6.37. The maximum Gasteiger partial charge on any atom is 0.0469 e. The summed E-state index contributed by atoms with van der Waals surface area (Å²) in [4.78, 5) is 2.43. The molecule has 0 aromatic heterocycles. The van der Waals surface area contributed by atoms with Crippen LogP contribution in [-0.2, 0) is 4.74 Å². The number of aryl methyl sites for hydroxylation is 2. The summed E-state index contributed by atoms with van der Waals surface area (Å²) < 4.78 is 5.42. The van der Waals surface area contributed by atoms with Crippen LogP contribution in [-0.4, -0.2) is 38.3 Å². The lowest BCUT2D eigenvalue weighted by Gasteiger charge is -2.27. The molecule has 0 aliphatic carbocycles. The summed E-state index contributed by atoms with van der Waals surface area (Å²) in [5.74, 6) is 0.793. The largest absolute Gasteiger partial charge is 0.381 e. The fraction of sp³-hybridized carbons (Fsp3) is 0.667. The molecule has 2 rings (SSSR count). The van der Waals surface area contributed by atoms with Crippen LogP contribution in [0, 0.1) is 19.8 Å². The van der Waals surface area contributed by atoms with Gasteiger partial charge in [0.05, 0.1) is 0 Å². The Kier molecular flexibility index (Phi) is 6.22. The zero-order valence-corrected chi connectivity index (χ0v) is 13.8. The monoisotopic (exact) mass is 290 g/mol. The Balaban J connectivity index is 1.78. The molecule has 1 saturated heterocycles. The SMILES string of the molecule is Cc1cc(C)cc(C(N)CCN(C)CC2CCOCC2)c1. The zero-order chi connectivity index (χ0) is 15.2. The van der Waals surface area contributed by atoms with E-state index < -0.39 is 0 Å². The van der Waals surface area contributed by atoms with Gasteiger partial charge in [-0.2, -0.15) is 0 Å². The van der Waals surface area contributed by atoms with E-state index in [0.29, 0.717) is 0 Å². The maximum atomic E-state index is 6.37. The number of nitrogens with zero attached hydrogens (tertiary/aromatic N) is 1. The molecule has 21 heavy (non-hydrogen) atoms. The standard InChI is InChI=1S/C18H30N2O/c1-14-10-15(2)12-17(11-14)18(19)4-7-20(3)13-16-5-8-21-9-6-16/h10-12,16,18H,4-9,13,19H2,1-3H3. The van der Waals surface area contributed by atoms with Crippen molar-refractivity contribution in [1.82, 2.24) is 4.90 Å². The molecule has 0 radical (unpaired) electrons. The van der Waals surface area contributed by atoms with Gasteiger partial charge in [0.1, 0.15) is 0 Å². The van der Waals surface area contributed by atoms with E-state index in [1.54, 1.807) is 0 Å². The number of hydrogen-bond donors (Lipinski definition) is 1. The van der Waals surface area contributed by atoms with Crippen LogP contribution in [0.5, 0.6) is 0 Å². The van der Waals surface area contributed by atoms with Crippen LogP contribution in [0.1, 0.15) is 42.0 Å². The van der Waals surface area contributed by atoms with Crippen molar-refractivity contribution in [3.05, 3.63) is 34.9 Å². The second-order valence-electron chi connectivity index (χ2n) is 6.63. The Morgan fingerprint density at radius 3 is 2.43 bits per heavy atom. The van der Waals surface area contributed by atoms with E-state index in [1.165, 1.54) is 36.1 Å². The van der Waals surface area contributed by atoms with E-state index in [-0.39, 0.29) is 6.04 Å². The van der Waals surface area contributed by atoms with Crippen molar-refractivity contribution in [3.8, 4) is 0 Å². The Morgan fingerprint density at radius 2 is 1.81 bits per heavy atom. The third-order valence-corrected chi connectivity index (χ3v) is 4.40. The van der Waals surface area contributed by atoms with E-state index >= 15 is 0 Å². The van der Waals surface area contributed by atoms with Crippen LogP contribution in [0.15, 0.2) is 18.2 Å². The van der Waals surface area contributed by atoms with Gasteiger partial charge in [-0.1, -0.05) is 29.3 Å². The van der Waals surface area contributed by atoms with E-state index in [1.807, 2.05) is 0 Å². The Bertz CT molecular complexity index is 421. The molecule has 1 fully saturated rings. The third-order valence-electron chi connectivity index (χ3n) is 4.40. The number of hydrogen-bond acceptors (Lipinski definition) is 3. The van der Waals surface area contributed by atoms with Crippen LogP contribution in [0.25, 0.3) is 0 Å². The van der Waals surface area contributed by atoms with Crippen LogP contribution in [0.2, 0.25) is 0 Å². The highest BCUT2D eigenvalue weighted by Gasteiger charge is 2.16. The van der Waals surface area contributed by atoms with Gasteiger partial charge in [0, 0.05) is 25.8 Å². The minimum absolute atomic E-state index is 0.140. The van der Waals surface area contributed by atoms with Gasteiger partial charge in [0.25, 0.3) is 0 Å². The van der Waals surface area contributed by atoms with Crippen molar-refractivity contribution >= 4 is 0 Å². The minimum atomic E-state index is 0.140. The smallest absolute Gasteiger partial charge is 0.0469 e. The zero-order valence-electron chi connectivity index (χ0n) is 13.8. The summed E-state index contributed by atoms with van der Waals surface area (Å²) in [7, 11) is 2.21. The predicted molar refractivity (Wildman–Crippen MR) is 88.5 cm³/mol. The van der Waals surface area contributed by atoms with Crippen molar-refractivity contribution in [2.24, 2.45) is 11.7 Å². The van der Waals surface area contributed by atoms with Crippen LogP contribution in [0.3, 0.4) is 0 Å². The highest BCUT2D eigenvalue weighted by Crippen LogP contribution is 2.19. The van der Waals surface area contributed by atoms with E-state index in [2.05, 4.69) is 44.0 Å². The molecular weight excluding hydrogens is 260 g/mol. The highest BCUT2D eigenvalue weighted by atomic mass is 16.5. The Morgan fingerprint density at radius 1 is 1.19 bits per heavy atom. The molecule has 0 bridgehead atoms. The lowest BCUT2D eigenvalue weighted by Crippen LogP contribution is -2.31. The van der Waals surface area contributed by atoms with Gasteiger partial charge in [-0.25, -0.2) is 0 Å². The first-order valence-corrected chi connectivity index (χ1v) is 8.14. The number of nitrogens with two attached hydrogens (primary N) is 1. The van der Waals surface area contributed by atoms with Crippen molar-refractivity contribution in [2.75, 3.05) is 33.4 Å². The summed E-state index contributed by atoms with van der Waals surface area (Å²) in [6, 6.07) is 6.78. The molecule has 1 aromatic rings. The van der Waals surface area contributed by atoms with Crippen LogP contribution < -0.4 is 5.73 Å². The van der Waals surface area contributed by atoms with Crippen molar-refractivity contribution < 1.29 is 4.74 Å². The summed E-state index contributed by atoms with van der Waals surface area (Å²) >= 11 is 0. The summed E-state index contributed by atoms with van der Waals surface area (Å²) in [6.07, 6.45) is 3.42. The number of rotatable bonds is 6. The first kappa shape index (κ1) is 16.5. The van der Waals surface area contributed by atoms with Gasteiger partial charge in [-0.15, -0.1) is 0 Å². The molecule has 118 valence electrons. The lowest BCUT2D eigenvalue weighted by molar-refractivity contribution is 0.0554. The summed E-state index contributed by atoms with van der Waals surface area (Å²) in [5.41, 5.74) is 10.2. The molecule has 1 aromatic carbocycles. The molecule has 2 N–H and O–H groups in total. The fourth-order valence-corrected chi connectivity index (χ4v) is 3.21. The van der Waals surface area contributed by atoms with Gasteiger partial charge in [0.15, 0.2) is 0 Å². The Labute approximate surface area is 129 Å². The summed E-state index contributed by atoms with van der Waals surface area (Å²) in [6.45, 7) is 8.37. The van der Waals surface area contributed by atoms with E-state index in [0.717, 1.165) is 32.1 Å². The van der Waals surface area contributed by atoms with Crippen molar-refractivity contribution in [1.29, 1.82) is 0 Å². The molecule has 3 nitrogen and oxygen atoms in total. The molecule has 1 atom stereocenters. The molecule has 0 amide bonds. The minimum Gasteiger partial charge on any atom is -0.381 e. The molecular formula is C18H30N2O. The van der Waals surface area contributed by atoms with Gasteiger partial charge in [-0.3, -0.25) is 0 Å². The Hall–Kier alpha value is -0.900. The van der Waals surface area contributed by atoms with Crippen LogP contribution >= 0.6 is 0 Å². The topological polar surface area (TPSA) is 38.5 Å². The summed E-state index contributed by atoms with van der Waals surface area (Å²) in [5, 5.41) is 0. The molecule has 1 aliphatic heterocycles. The van der Waals surface area contributed by atoms with Gasteiger partial charge >= 0.3 is 0 Å². The first-order chi connectivity index (χ1) is 10.0. The highest BCUT2D eigenvalue weighted by molar-refractivity contribution is 5.30. The third kappa shape index (κ3) is 5.42. The lowest BCUT2D eigenvalue weighted by atomic mass is 9.98. The first-order valence-electron chi connectivity index (χ1n) is 8.14. The molecule has 0 spiro atoms. The predicted octanol–water partition coefficient (Wildman–Crippen LogP) is 3.05. The van der Waals surface area contributed by atoms with E-state index in [4.69, 9.17) is 10.5 Å². The second kappa shape index (κ2) is 7.92. The molecule has 1 heterocycles.